The number of nitrogens with zero attached hydrogens (tertiary/aromatic N) is 3. The van der Waals surface area contributed by atoms with Gasteiger partial charge in [-0.25, -0.2) is 4.99 Å². The highest BCUT2D eigenvalue weighted by molar-refractivity contribution is 5.79. The van der Waals surface area contributed by atoms with Crippen LogP contribution in [0.15, 0.2) is 35.3 Å². The van der Waals surface area contributed by atoms with Gasteiger partial charge >= 0.3 is 0 Å². The predicted molar refractivity (Wildman–Crippen MR) is 110 cm³/mol. The molecule has 5 nitrogen and oxygen atoms in total. The van der Waals surface area contributed by atoms with E-state index in [9.17, 15) is 0 Å². The summed E-state index contributed by atoms with van der Waals surface area (Å²) >= 11 is 0. The number of benzene rings is 1. The highest BCUT2D eigenvalue weighted by Crippen LogP contribution is 2.23. The van der Waals surface area contributed by atoms with E-state index >= 15 is 0 Å². The molecule has 1 unspecified atom stereocenters. The minimum Gasteiger partial charge on any atom is -0.357 e. The minimum atomic E-state index is 0.446. The van der Waals surface area contributed by atoms with Crippen molar-refractivity contribution >= 4 is 5.96 Å². The number of aliphatic imine (C=N–C) groups is 1. The molecule has 5 heteroatoms. The number of rotatable bonds is 7. The van der Waals surface area contributed by atoms with E-state index in [-0.39, 0.29) is 0 Å². The molecule has 1 aromatic heterocycles. The molecule has 0 spiro atoms. The van der Waals surface area contributed by atoms with Gasteiger partial charge in [0.25, 0.3) is 0 Å². The second kappa shape index (κ2) is 9.41. The number of hydrogen-bond donors (Lipinski definition) is 2. The first kappa shape index (κ1) is 20.0. The average Bonchev–Trinajstić information content (AvgIpc) is 2.85. The van der Waals surface area contributed by atoms with Crippen molar-refractivity contribution in [2.45, 2.75) is 47.1 Å². The fourth-order valence-corrected chi connectivity index (χ4v) is 3.19. The van der Waals surface area contributed by atoms with E-state index in [1.165, 1.54) is 16.8 Å². The molecule has 0 amide bonds. The Morgan fingerprint density at radius 3 is 2.38 bits per heavy atom. The third-order valence-electron chi connectivity index (χ3n) is 4.92. The molecular formula is C21H33N5. The maximum absolute atomic E-state index is 4.78. The molecule has 2 N–H and O–H groups in total. The van der Waals surface area contributed by atoms with Crippen LogP contribution in [0.2, 0.25) is 0 Å². The molecule has 2 aromatic rings. The molecule has 0 saturated heterocycles. The van der Waals surface area contributed by atoms with Gasteiger partial charge in [-0.15, -0.1) is 0 Å². The topological polar surface area (TPSA) is 54.2 Å². The van der Waals surface area contributed by atoms with Crippen molar-refractivity contribution in [3.8, 4) is 0 Å². The van der Waals surface area contributed by atoms with Crippen LogP contribution in [0, 0.1) is 19.8 Å². The minimum absolute atomic E-state index is 0.446. The Hall–Kier alpha value is -2.30. The second-order valence-electron chi connectivity index (χ2n) is 7.11. The van der Waals surface area contributed by atoms with Crippen molar-refractivity contribution in [3.63, 3.8) is 0 Å². The molecule has 2 rings (SSSR count). The Balaban J connectivity index is 2.09. The third-order valence-corrected chi connectivity index (χ3v) is 4.92. The first-order valence-electron chi connectivity index (χ1n) is 9.50. The zero-order valence-corrected chi connectivity index (χ0v) is 17.0. The zero-order valence-electron chi connectivity index (χ0n) is 17.0. The molecule has 1 aromatic carbocycles. The van der Waals surface area contributed by atoms with Crippen LogP contribution in [0.3, 0.4) is 0 Å². The molecule has 0 aliphatic carbocycles. The second-order valence-corrected chi connectivity index (χ2v) is 7.11. The van der Waals surface area contributed by atoms with E-state index in [1.807, 2.05) is 18.7 Å². The lowest BCUT2D eigenvalue weighted by Crippen LogP contribution is -2.40. The first-order chi connectivity index (χ1) is 12.4. The van der Waals surface area contributed by atoms with Crippen molar-refractivity contribution in [3.05, 3.63) is 52.8 Å². The van der Waals surface area contributed by atoms with Gasteiger partial charge in [0, 0.05) is 37.3 Å². The SMILES string of the molecule is CCNC(=NCc1c(C)nn(C)c1C)NCC(c1ccccc1)C(C)C. The van der Waals surface area contributed by atoms with Gasteiger partial charge in [-0.1, -0.05) is 44.2 Å². The van der Waals surface area contributed by atoms with Crippen molar-refractivity contribution in [2.75, 3.05) is 13.1 Å². The monoisotopic (exact) mass is 355 g/mol. The quantitative estimate of drug-likeness (QED) is 0.590. The summed E-state index contributed by atoms with van der Waals surface area (Å²) in [5, 5.41) is 11.4. The Labute approximate surface area is 157 Å². The highest BCUT2D eigenvalue weighted by atomic mass is 15.3. The molecule has 0 fully saturated rings. The molecule has 0 saturated carbocycles. The van der Waals surface area contributed by atoms with Crippen LogP contribution < -0.4 is 10.6 Å². The van der Waals surface area contributed by atoms with Crippen molar-refractivity contribution in [2.24, 2.45) is 18.0 Å². The van der Waals surface area contributed by atoms with E-state index < -0.39 is 0 Å². The van der Waals surface area contributed by atoms with Gasteiger partial charge in [0.1, 0.15) is 0 Å². The molecule has 1 heterocycles. The van der Waals surface area contributed by atoms with Gasteiger partial charge < -0.3 is 10.6 Å². The number of aromatic nitrogens is 2. The summed E-state index contributed by atoms with van der Waals surface area (Å²) < 4.78 is 1.92. The summed E-state index contributed by atoms with van der Waals surface area (Å²) in [6.07, 6.45) is 0. The maximum Gasteiger partial charge on any atom is 0.191 e. The van der Waals surface area contributed by atoms with E-state index in [4.69, 9.17) is 4.99 Å². The van der Waals surface area contributed by atoms with Crippen LogP contribution in [0.4, 0.5) is 0 Å². The van der Waals surface area contributed by atoms with Crippen LogP contribution in [-0.2, 0) is 13.6 Å². The van der Waals surface area contributed by atoms with Gasteiger partial charge in [0.15, 0.2) is 5.96 Å². The predicted octanol–water partition coefficient (Wildman–Crippen LogP) is 3.53. The third kappa shape index (κ3) is 5.10. The average molecular weight is 356 g/mol. The van der Waals surface area contributed by atoms with Crippen molar-refractivity contribution < 1.29 is 0 Å². The van der Waals surface area contributed by atoms with E-state index in [1.54, 1.807) is 0 Å². The summed E-state index contributed by atoms with van der Waals surface area (Å²) in [7, 11) is 1.98. The summed E-state index contributed by atoms with van der Waals surface area (Å²) in [5.74, 6) is 1.86. The van der Waals surface area contributed by atoms with Crippen molar-refractivity contribution in [1.29, 1.82) is 0 Å². The zero-order chi connectivity index (χ0) is 19.1. The fraction of sp³-hybridized carbons (Fsp3) is 0.524. The molecule has 0 aliphatic rings. The van der Waals surface area contributed by atoms with E-state index in [0.717, 1.165) is 24.7 Å². The molecular weight excluding hydrogens is 322 g/mol. The lowest BCUT2D eigenvalue weighted by molar-refractivity contribution is 0.488. The van der Waals surface area contributed by atoms with Gasteiger partial charge in [0.2, 0.25) is 0 Å². The highest BCUT2D eigenvalue weighted by Gasteiger charge is 2.16. The summed E-state index contributed by atoms with van der Waals surface area (Å²) in [6, 6.07) is 10.7. The Morgan fingerprint density at radius 1 is 1.15 bits per heavy atom. The summed E-state index contributed by atoms with van der Waals surface area (Å²) in [4.78, 5) is 4.78. The van der Waals surface area contributed by atoms with Crippen LogP contribution in [-0.4, -0.2) is 28.8 Å². The molecule has 142 valence electrons. The maximum atomic E-state index is 4.78. The van der Waals surface area contributed by atoms with Crippen molar-refractivity contribution in [1.82, 2.24) is 20.4 Å². The number of hydrogen-bond acceptors (Lipinski definition) is 2. The molecule has 26 heavy (non-hydrogen) atoms. The first-order valence-corrected chi connectivity index (χ1v) is 9.50. The van der Waals surface area contributed by atoms with Gasteiger partial charge in [0.05, 0.1) is 12.2 Å². The number of guanidine groups is 1. The number of aryl methyl sites for hydroxylation is 2. The van der Waals surface area contributed by atoms with E-state index in [0.29, 0.717) is 18.4 Å². The largest absolute Gasteiger partial charge is 0.357 e. The smallest absolute Gasteiger partial charge is 0.191 e. The normalized spacial score (nSPS) is 13.1. The van der Waals surface area contributed by atoms with Gasteiger partial charge in [-0.2, -0.15) is 5.10 Å². The molecule has 0 radical (unpaired) electrons. The summed E-state index contributed by atoms with van der Waals surface area (Å²) in [6.45, 7) is 13.1. The van der Waals surface area contributed by atoms with Crippen LogP contribution in [0.5, 0.6) is 0 Å². The van der Waals surface area contributed by atoms with Gasteiger partial charge in [-0.3, -0.25) is 4.68 Å². The Morgan fingerprint density at radius 2 is 1.85 bits per heavy atom. The lowest BCUT2D eigenvalue weighted by atomic mass is 9.88. The van der Waals surface area contributed by atoms with Gasteiger partial charge in [-0.05, 0) is 32.3 Å². The molecule has 0 bridgehead atoms. The van der Waals surface area contributed by atoms with Crippen LogP contribution in [0.25, 0.3) is 0 Å². The standard InChI is InChI=1S/C21H33N5/c1-7-22-21(24-14-20-16(4)25-26(6)17(20)5)23-13-19(15(2)3)18-11-9-8-10-12-18/h8-12,15,19H,7,13-14H2,1-6H3,(H2,22,23,24). The fourth-order valence-electron chi connectivity index (χ4n) is 3.19. The number of nitrogens with one attached hydrogen (secondary N) is 2. The van der Waals surface area contributed by atoms with Crippen LogP contribution >= 0.6 is 0 Å². The molecule has 0 aliphatic heterocycles. The Bertz CT molecular complexity index is 716. The Kier molecular flexibility index (Phi) is 7.25. The summed E-state index contributed by atoms with van der Waals surface area (Å²) in [5.41, 5.74) is 4.79. The van der Waals surface area contributed by atoms with Crippen LogP contribution in [0.1, 0.15) is 49.2 Å². The van der Waals surface area contributed by atoms with E-state index in [2.05, 4.69) is 73.8 Å². The molecule has 1 atom stereocenters. The lowest BCUT2D eigenvalue weighted by Gasteiger charge is -2.23.